The summed E-state index contributed by atoms with van der Waals surface area (Å²) in [5.41, 5.74) is 14.2. The number of benzene rings is 4. The van der Waals surface area contributed by atoms with Crippen molar-refractivity contribution in [1.29, 1.82) is 0 Å². The lowest BCUT2D eigenvalue weighted by atomic mass is 9.92. The zero-order valence-electron chi connectivity index (χ0n) is 80.5. The number of halogens is 1. The first-order valence-corrected chi connectivity index (χ1v) is 49.9. The fourth-order valence-electron chi connectivity index (χ4n) is 22.1. The van der Waals surface area contributed by atoms with Crippen LogP contribution in [0.2, 0.25) is 0 Å². The van der Waals surface area contributed by atoms with Crippen molar-refractivity contribution in [2.75, 3.05) is 224 Å². The third-order valence-electron chi connectivity index (χ3n) is 30.6. The van der Waals surface area contributed by atoms with Gasteiger partial charge in [0.05, 0.1) is 75.7 Å². The van der Waals surface area contributed by atoms with E-state index in [1.165, 1.54) is 0 Å². The number of imide groups is 3. The van der Waals surface area contributed by atoms with Crippen LogP contribution in [0.5, 0.6) is 0 Å². The molecule has 0 radical (unpaired) electrons. The van der Waals surface area contributed by atoms with E-state index in [1.807, 2.05) is 131 Å². The number of nitrogens with zero attached hydrogens (tertiary/aromatic N) is 25. The molecule has 736 valence electrons. The van der Waals surface area contributed by atoms with Crippen molar-refractivity contribution in [1.82, 2.24) is 106 Å². The van der Waals surface area contributed by atoms with E-state index in [4.69, 9.17) is 26.7 Å². The second-order valence-corrected chi connectivity index (χ2v) is 39.3. The number of alkyl halides is 1. The van der Waals surface area contributed by atoms with E-state index in [1.54, 1.807) is 27.6 Å². The molecule has 8 fully saturated rings. The standard InChI is InChI=1S/C49H58N16O5.C26H33ClN4O4.C25H28N10O/c1-30-43(31(2)65-49(58(30)3)55-56-57-65)46(68)51-34-4-7-39-38(27-34)44(54-53-39)33-10-13-50-41(26-33)63-24-22-60(23-25-63)17-16-59-18-20-61(21-19-59)29-32-11-14-62(15-12-32)35-5-6-36-37(28-35)48(70)64(47(36)69)40-8-9-42(66)52-45(40)67;27-7-10-28-11-13-29(14-12-28)17-18-5-8-30(9-6-18)19-1-3-21-22(15-19)26(35)31(25(21)34)23-4-2-20(32)16-24(23)33;1-15-22(16(2)35-25(33(15)3)30-31-32-35)24(36)29-19-5-4-18-14-28-23(20(18)13-19)17-6-7-27-21(12-17)34-10-8-26-9-11-34/h4-7,10,13,26-28,31-32,40H,8-9,11-12,14-25,29H2,1-3H3,(H,51,68)(H,53,54)(H,52,66,67);1,3,15,18,23H,2,4-14,16-17H2;4-7,12-13,16,26H,8-11,14H2,1-3H3,(H,29,36)/t31-,40?;;16-/m1.1/s1. The molecule has 0 bridgehead atoms. The van der Waals surface area contributed by atoms with Crippen molar-refractivity contribution < 1.29 is 47.9 Å². The van der Waals surface area contributed by atoms with Crippen LogP contribution >= 0.6 is 11.6 Å². The van der Waals surface area contributed by atoms with Crippen molar-refractivity contribution in [2.45, 2.75) is 116 Å². The molecule has 2 unspecified atom stereocenters. The number of H-pyrrole nitrogens is 1. The lowest BCUT2D eigenvalue weighted by Crippen LogP contribution is -2.54. The molecule has 5 aromatic heterocycles. The zero-order valence-corrected chi connectivity index (χ0v) is 81.2. The molecule has 22 rings (SSSR count). The van der Waals surface area contributed by atoms with E-state index < -0.39 is 41.6 Å². The van der Waals surface area contributed by atoms with Crippen LogP contribution in [0.4, 0.5) is 46.3 Å². The highest BCUT2D eigenvalue weighted by molar-refractivity contribution is 6.25. The number of carbonyl (C=O) groups is 10. The van der Waals surface area contributed by atoms with Crippen LogP contribution in [0, 0.1) is 11.8 Å². The lowest BCUT2D eigenvalue weighted by molar-refractivity contribution is -0.136. The Balaban J connectivity index is 0.000000144. The maximum absolute atomic E-state index is 13.7. The van der Waals surface area contributed by atoms with E-state index in [9.17, 15) is 47.9 Å². The minimum Gasteiger partial charge on any atom is -0.371 e. The molecule has 1 aliphatic carbocycles. The number of pyridine rings is 2. The molecule has 12 aliphatic heterocycles. The molecule has 7 saturated heterocycles. The van der Waals surface area contributed by atoms with Gasteiger partial charge in [0.15, 0.2) is 5.78 Å². The number of piperidine rings is 3. The van der Waals surface area contributed by atoms with E-state index in [0.717, 1.165) is 284 Å². The molecule has 4 atom stereocenters. The molecule has 8 amide bonds. The van der Waals surface area contributed by atoms with Gasteiger partial charge in [0.1, 0.15) is 29.2 Å². The number of anilines is 8. The van der Waals surface area contributed by atoms with Gasteiger partial charge in [0, 0.05) is 265 Å². The SMILES string of the molecule is CC1=C(C(=O)Nc2ccc3[nH]nc(-c4ccnc(N5CCN(CCN6CCN(CC7CCN(c8ccc9c(c8)C(=O)N(C8CCC(=O)NC8=O)C9=O)CC7)CC6)CC5)c4)c3c2)[C@@H](C)n2nnnc2N1C.CC1=C(C(=O)Nc2ccc3c(c2)C(c2ccnc(N4CCNCC4)c2)=NC3)[C@@H](C)n2nnnc2N1C.O=C1CCC(N2C(=O)c3ccc(N4CCC(CN5CCN(CCCl)CC5)CC4)cc3C2=O)C(=O)C1. The highest BCUT2D eigenvalue weighted by Crippen LogP contribution is 2.41. The highest BCUT2D eigenvalue weighted by Gasteiger charge is 2.48. The average molecular weight is 1940 g/mol. The minimum absolute atomic E-state index is 0.0998. The maximum Gasteiger partial charge on any atom is 0.262 e. The summed E-state index contributed by atoms with van der Waals surface area (Å²) in [6.45, 7) is 33.4. The Kier molecular flexibility index (Phi) is 27.6. The first-order valence-electron chi connectivity index (χ1n) is 49.4. The first kappa shape index (κ1) is 95.1. The number of piperazine rings is 4. The van der Waals surface area contributed by atoms with Gasteiger partial charge in [0.2, 0.25) is 23.7 Å². The molecule has 13 aliphatic rings. The Morgan fingerprint density at radius 3 is 1.52 bits per heavy atom. The molecule has 1 saturated carbocycles. The number of hydrogen-bond acceptors (Lipinski definition) is 32. The van der Waals surface area contributed by atoms with Crippen molar-refractivity contribution in [3.8, 4) is 11.3 Å². The Hall–Kier alpha value is -13.5. The molecule has 0 spiro atoms. The van der Waals surface area contributed by atoms with Crippen LogP contribution in [0.1, 0.15) is 156 Å². The Labute approximate surface area is 821 Å². The van der Waals surface area contributed by atoms with Crippen molar-refractivity contribution in [3.63, 3.8) is 0 Å². The summed E-state index contributed by atoms with van der Waals surface area (Å²) < 4.78 is 3.31. The van der Waals surface area contributed by atoms with Crippen LogP contribution in [0.25, 0.3) is 22.2 Å². The molecule has 40 nitrogen and oxygen atoms in total. The number of nitrogens with one attached hydrogen (secondary N) is 5. The van der Waals surface area contributed by atoms with Gasteiger partial charge >= 0.3 is 0 Å². The van der Waals surface area contributed by atoms with Crippen molar-refractivity contribution in [2.24, 2.45) is 16.8 Å². The second-order valence-electron chi connectivity index (χ2n) is 38.9. The van der Waals surface area contributed by atoms with Crippen LogP contribution in [-0.4, -0.2) is 355 Å². The Morgan fingerprint density at radius 1 is 0.482 bits per heavy atom. The largest absolute Gasteiger partial charge is 0.371 e. The summed E-state index contributed by atoms with van der Waals surface area (Å²) in [6, 6.07) is 28.4. The van der Waals surface area contributed by atoms with Crippen LogP contribution in [-0.2, 0) is 35.3 Å². The Bertz CT molecular complexity index is 6460. The summed E-state index contributed by atoms with van der Waals surface area (Å²) in [5, 5.41) is 44.5. The van der Waals surface area contributed by atoms with Crippen LogP contribution in [0.3, 0.4) is 0 Å². The molecule has 17 heterocycles. The zero-order chi connectivity index (χ0) is 97.5. The number of aliphatic imine (C=N–C) groups is 1. The molecule has 9 aromatic rings. The average Bonchev–Trinajstić information content (AvgIpc) is 1.61. The van der Waals surface area contributed by atoms with E-state index in [0.29, 0.717) is 75.2 Å². The normalized spacial score (nSPS) is 22.0. The second kappa shape index (κ2) is 41.0. The molecule has 141 heavy (non-hydrogen) atoms. The van der Waals surface area contributed by atoms with Gasteiger partial charge in [-0.05, 0) is 195 Å². The van der Waals surface area contributed by atoms with Crippen molar-refractivity contribution >= 4 is 133 Å². The number of rotatable bonds is 21. The number of amides is 8. The van der Waals surface area contributed by atoms with Gasteiger partial charge in [-0.3, -0.25) is 87.9 Å². The summed E-state index contributed by atoms with van der Waals surface area (Å²) in [7, 11) is 3.71. The highest BCUT2D eigenvalue weighted by atomic mass is 35.5. The topological polar surface area (TPSA) is 415 Å². The van der Waals surface area contributed by atoms with Crippen LogP contribution < -0.4 is 50.7 Å². The van der Waals surface area contributed by atoms with Gasteiger partial charge < -0.3 is 55.1 Å². The smallest absolute Gasteiger partial charge is 0.262 e. The molecular formula is C100H119ClN30O10. The summed E-state index contributed by atoms with van der Waals surface area (Å²) in [6.07, 6.45) is 8.52. The monoisotopic (exact) mass is 1930 g/mol. The first-order chi connectivity index (χ1) is 68.4. The van der Waals surface area contributed by atoms with E-state index >= 15 is 0 Å². The van der Waals surface area contributed by atoms with Gasteiger partial charge in [0.25, 0.3) is 35.4 Å². The summed E-state index contributed by atoms with van der Waals surface area (Å²) in [4.78, 5) is 170. The number of carbonyl (C=O) groups excluding carboxylic acids is 10. The summed E-state index contributed by atoms with van der Waals surface area (Å²) in [5.74, 6) is 1.47. The van der Waals surface area contributed by atoms with Gasteiger partial charge in [-0.1, -0.05) is 16.3 Å². The van der Waals surface area contributed by atoms with E-state index in [-0.39, 0.29) is 73.5 Å². The fourth-order valence-corrected chi connectivity index (χ4v) is 22.4. The number of fused-ring (bicyclic) bond motifs is 6. The molecule has 41 heteroatoms. The number of allylic oxidation sites excluding steroid dienone is 2. The molecule has 4 aromatic carbocycles. The fraction of sp³-hybridized carbons (Fsp3) is 0.480. The Morgan fingerprint density at radius 2 is 0.972 bits per heavy atom. The quantitative estimate of drug-likeness (QED) is 0.0295. The molecule has 5 N–H and O–H groups in total. The maximum atomic E-state index is 13.7. The molecular weight excluding hydrogens is 1820 g/mol. The van der Waals surface area contributed by atoms with Crippen LogP contribution in [0.15, 0.2) is 137 Å². The number of Topliss-reactive ketones (excluding diaryl/α,β-unsaturated/α-hetero) is 2. The van der Waals surface area contributed by atoms with Gasteiger partial charge in [-0.15, -0.1) is 11.6 Å². The number of ketones is 2. The lowest BCUT2D eigenvalue weighted by Gasteiger charge is -2.40. The third-order valence-corrected chi connectivity index (χ3v) is 30.7. The number of aromatic amines is 1. The number of hydrogen-bond donors (Lipinski definition) is 5. The third kappa shape index (κ3) is 19.6. The number of tetrazole rings is 2. The van der Waals surface area contributed by atoms with Gasteiger partial charge in [-0.25, -0.2) is 19.3 Å². The van der Waals surface area contributed by atoms with Crippen molar-refractivity contribution in [3.05, 3.63) is 171 Å². The van der Waals surface area contributed by atoms with E-state index in [2.05, 4.69) is 119 Å². The number of aromatic nitrogens is 12. The summed E-state index contributed by atoms with van der Waals surface area (Å²) >= 11 is 5.87. The van der Waals surface area contributed by atoms with Gasteiger partial charge in [-0.2, -0.15) is 5.10 Å². The minimum atomic E-state index is -0.963. The predicted octanol–water partition coefficient (Wildman–Crippen LogP) is 6.39. The predicted molar refractivity (Wildman–Crippen MR) is 532 cm³/mol.